The quantitative estimate of drug-likeness (QED) is 0.404. The number of amides is 3. The first kappa shape index (κ1) is 28.6. The molecule has 0 saturated carbocycles. The molecule has 0 spiro atoms. The molecule has 202 valence electrons. The summed E-state index contributed by atoms with van der Waals surface area (Å²) < 4.78 is 5.36. The number of phenolic OH excluding ortho intramolecular Hbond substituents is 1. The highest BCUT2D eigenvalue weighted by molar-refractivity contribution is 6.30. The van der Waals surface area contributed by atoms with Gasteiger partial charge >= 0.3 is 5.97 Å². The van der Waals surface area contributed by atoms with Crippen LogP contribution in [0.3, 0.4) is 0 Å². The molecule has 3 N–H and O–H groups in total. The van der Waals surface area contributed by atoms with Crippen LogP contribution in [0.5, 0.6) is 11.5 Å². The van der Waals surface area contributed by atoms with Gasteiger partial charge in [-0.2, -0.15) is 0 Å². The van der Waals surface area contributed by atoms with Crippen molar-refractivity contribution in [3.8, 4) is 11.5 Å². The number of nitrogens with one attached hydrogen (secondary N) is 1. The molecule has 1 saturated heterocycles. The molecule has 1 unspecified atom stereocenters. The first-order valence-corrected chi connectivity index (χ1v) is 12.5. The molecule has 0 aromatic heterocycles. The van der Waals surface area contributed by atoms with Crippen LogP contribution in [0.4, 0.5) is 5.69 Å². The van der Waals surface area contributed by atoms with Crippen LogP contribution in [0.25, 0.3) is 0 Å². The van der Waals surface area contributed by atoms with E-state index in [2.05, 4.69) is 5.32 Å². The number of nitrogens with zero attached hydrogens (tertiary/aromatic N) is 1. The third-order valence-electron chi connectivity index (χ3n) is 6.52. The minimum absolute atomic E-state index is 0.114. The van der Waals surface area contributed by atoms with Crippen LogP contribution < -0.4 is 10.1 Å². The lowest BCUT2D eigenvalue weighted by molar-refractivity contribution is -0.149. The number of likely N-dealkylation sites (tertiary alicyclic amines) is 1. The number of methoxy groups -OCH3 is 1. The summed E-state index contributed by atoms with van der Waals surface area (Å²) in [5, 5.41) is 22.1. The fraction of sp³-hybridized carbons (Fsp3) is 0.370. The number of rotatable bonds is 9. The summed E-state index contributed by atoms with van der Waals surface area (Å²) in [5.74, 6) is -4.67. The Morgan fingerprint density at radius 3 is 2.58 bits per heavy atom. The number of phenols is 1. The molecule has 1 aliphatic heterocycles. The number of anilines is 1. The number of hydrogen-bond acceptors (Lipinski definition) is 7. The number of ether oxygens (including phenoxy) is 1. The fourth-order valence-electron chi connectivity index (χ4n) is 4.33. The molecule has 0 aliphatic carbocycles. The van der Waals surface area contributed by atoms with Gasteiger partial charge in [0.2, 0.25) is 17.7 Å². The average Bonchev–Trinajstić information content (AvgIpc) is 3.02. The molecule has 10 nitrogen and oxygen atoms in total. The highest BCUT2D eigenvalue weighted by Crippen LogP contribution is 2.30. The number of imide groups is 1. The predicted molar refractivity (Wildman–Crippen MR) is 138 cm³/mol. The molecule has 3 amide bonds. The molecule has 0 bridgehead atoms. The summed E-state index contributed by atoms with van der Waals surface area (Å²) >= 11 is 6.12. The summed E-state index contributed by atoms with van der Waals surface area (Å²) in [5.41, 5.74) is 0.421. The normalized spacial score (nSPS) is 16.5. The number of benzene rings is 2. The smallest absolute Gasteiger partial charge is 0.335 e. The standard InChI is InChI=1S/C27H29ClN2O8/c1-3-15(25(34)29-21-12-17(27(36)37)5-8-22(21)32)13-24(33)30-14-20(31)7-4-16(26(30)35)10-18-11-19(28)6-9-23(18)38-2/h5-6,8-9,11-12,15-16,32H,3-4,7,10,13-14H2,1-2H3,(H,29,34)(H,36,37)/t15-,16?/m0/s1. The van der Waals surface area contributed by atoms with Gasteiger partial charge in [0.15, 0.2) is 5.78 Å². The van der Waals surface area contributed by atoms with E-state index in [0.717, 1.165) is 17.0 Å². The Morgan fingerprint density at radius 1 is 1.18 bits per heavy atom. The number of carboxylic acids is 1. The lowest BCUT2D eigenvalue weighted by Crippen LogP contribution is -2.43. The van der Waals surface area contributed by atoms with Crippen LogP contribution in [0, 0.1) is 11.8 Å². The summed E-state index contributed by atoms with van der Waals surface area (Å²) in [7, 11) is 1.49. The van der Waals surface area contributed by atoms with Gasteiger partial charge in [-0.05, 0) is 61.2 Å². The first-order valence-electron chi connectivity index (χ1n) is 12.1. The van der Waals surface area contributed by atoms with Gasteiger partial charge in [0.05, 0.1) is 24.9 Å². The number of halogens is 1. The Morgan fingerprint density at radius 2 is 1.92 bits per heavy atom. The fourth-order valence-corrected chi connectivity index (χ4v) is 4.53. The van der Waals surface area contributed by atoms with E-state index < -0.39 is 35.5 Å². The highest BCUT2D eigenvalue weighted by atomic mass is 35.5. The largest absolute Gasteiger partial charge is 0.506 e. The molecule has 2 aromatic carbocycles. The van der Waals surface area contributed by atoms with E-state index in [0.29, 0.717) is 16.3 Å². The summed E-state index contributed by atoms with van der Waals surface area (Å²) in [6.45, 7) is 1.30. The third kappa shape index (κ3) is 6.89. The second kappa shape index (κ2) is 12.6. The second-order valence-corrected chi connectivity index (χ2v) is 9.52. The Kier molecular flexibility index (Phi) is 9.46. The van der Waals surface area contributed by atoms with Crippen molar-refractivity contribution < 1.29 is 38.9 Å². The Labute approximate surface area is 224 Å². The van der Waals surface area contributed by atoms with Gasteiger partial charge in [0.25, 0.3) is 0 Å². The second-order valence-electron chi connectivity index (χ2n) is 9.09. The topological polar surface area (TPSA) is 150 Å². The minimum Gasteiger partial charge on any atom is -0.506 e. The molecular weight excluding hydrogens is 516 g/mol. The van der Waals surface area contributed by atoms with E-state index in [-0.39, 0.29) is 61.4 Å². The summed E-state index contributed by atoms with van der Waals surface area (Å²) in [4.78, 5) is 64.1. The highest BCUT2D eigenvalue weighted by Gasteiger charge is 2.36. The number of carbonyl (C=O) groups is 5. The Hall–Kier alpha value is -3.92. The molecule has 3 rings (SSSR count). The van der Waals surface area contributed by atoms with Crippen molar-refractivity contribution in [3.63, 3.8) is 0 Å². The van der Waals surface area contributed by atoms with Crippen LogP contribution in [-0.2, 0) is 25.6 Å². The van der Waals surface area contributed by atoms with Crippen molar-refractivity contribution in [1.29, 1.82) is 0 Å². The van der Waals surface area contributed by atoms with Crippen LogP contribution in [0.15, 0.2) is 36.4 Å². The van der Waals surface area contributed by atoms with Crippen LogP contribution in [0.1, 0.15) is 48.5 Å². The Bertz CT molecular complexity index is 1260. The Balaban J connectivity index is 1.76. The van der Waals surface area contributed by atoms with Crippen molar-refractivity contribution in [2.75, 3.05) is 19.0 Å². The van der Waals surface area contributed by atoms with Crippen molar-refractivity contribution in [2.45, 2.75) is 39.0 Å². The number of carbonyl (C=O) groups excluding carboxylic acids is 4. The molecule has 1 fully saturated rings. The lowest BCUT2D eigenvalue weighted by Gasteiger charge is -2.24. The van der Waals surface area contributed by atoms with Crippen molar-refractivity contribution in [1.82, 2.24) is 4.90 Å². The van der Waals surface area contributed by atoms with Crippen LogP contribution in [0.2, 0.25) is 5.02 Å². The SMILES string of the molecule is CC[C@@H](CC(=O)N1CC(=O)CCC(Cc2cc(Cl)ccc2OC)C1=O)C(=O)Nc1cc(C(=O)O)ccc1O. The number of hydrogen-bond donors (Lipinski definition) is 3. The zero-order valence-electron chi connectivity index (χ0n) is 21.0. The molecule has 0 radical (unpaired) electrons. The van der Waals surface area contributed by atoms with Crippen LogP contribution in [-0.4, -0.2) is 58.2 Å². The van der Waals surface area contributed by atoms with Gasteiger partial charge in [-0.1, -0.05) is 18.5 Å². The first-order chi connectivity index (χ1) is 18.0. The van der Waals surface area contributed by atoms with Crippen molar-refractivity contribution in [3.05, 3.63) is 52.5 Å². The zero-order valence-corrected chi connectivity index (χ0v) is 21.8. The van der Waals surface area contributed by atoms with Gasteiger partial charge < -0.3 is 20.3 Å². The number of carboxylic acid groups (broad SMARTS) is 1. The third-order valence-corrected chi connectivity index (χ3v) is 6.75. The zero-order chi connectivity index (χ0) is 28.0. The molecule has 1 aliphatic rings. The van der Waals surface area contributed by atoms with E-state index in [4.69, 9.17) is 21.4 Å². The lowest BCUT2D eigenvalue weighted by atomic mass is 9.93. The number of aromatic hydroxyl groups is 1. The molecule has 11 heteroatoms. The summed E-state index contributed by atoms with van der Waals surface area (Å²) in [6.07, 6.45) is 0.467. The van der Waals surface area contributed by atoms with Crippen molar-refractivity contribution >= 4 is 46.8 Å². The molecule has 2 atom stereocenters. The molecular formula is C27H29ClN2O8. The van der Waals surface area contributed by atoms with Gasteiger partial charge in [0, 0.05) is 29.7 Å². The van der Waals surface area contributed by atoms with E-state index in [1.54, 1.807) is 25.1 Å². The maximum atomic E-state index is 13.4. The van der Waals surface area contributed by atoms with Crippen LogP contribution >= 0.6 is 11.6 Å². The molecule has 38 heavy (non-hydrogen) atoms. The van der Waals surface area contributed by atoms with Gasteiger partial charge in [-0.3, -0.25) is 24.1 Å². The minimum atomic E-state index is -1.24. The maximum Gasteiger partial charge on any atom is 0.335 e. The number of aromatic carboxylic acids is 1. The van der Waals surface area contributed by atoms with E-state index >= 15 is 0 Å². The summed E-state index contributed by atoms with van der Waals surface area (Å²) in [6, 6.07) is 8.45. The maximum absolute atomic E-state index is 13.4. The van der Waals surface area contributed by atoms with E-state index in [9.17, 15) is 29.1 Å². The van der Waals surface area contributed by atoms with Gasteiger partial charge in [-0.15, -0.1) is 0 Å². The van der Waals surface area contributed by atoms with E-state index in [1.165, 1.54) is 13.2 Å². The predicted octanol–water partition coefficient (Wildman–Crippen LogP) is 3.68. The van der Waals surface area contributed by atoms with E-state index in [1.807, 2.05) is 0 Å². The number of ketones is 1. The van der Waals surface area contributed by atoms with Crippen molar-refractivity contribution in [2.24, 2.45) is 11.8 Å². The molecule has 2 aromatic rings. The average molecular weight is 545 g/mol. The molecule has 1 heterocycles. The van der Waals surface area contributed by atoms with Gasteiger partial charge in [0.1, 0.15) is 11.5 Å². The number of Topliss-reactive ketones (excluding diaryl/α,β-unsaturated/α-hetero) is 1. The monoisotopic (exact) mass is 544 g/mol. The van der Waals surface area contributed by atoms with Gasteiger partial charge in [-0.25, -0.2) is 4.79 Å².